The van der Waals surface area contributed by atoms with Gasteiger partial charge in [-0.15, -0.1) is 0 Å². The molecule has 1 atom stereocenters. The van der Waals surface area contributed by atoms with Crippen molar-refractivity contribution in [3.63, 3.8) is 0 Å². The van der Waals surface area contributed by atoms with Crippen molar-refractivity contribution in [1.82, 2.24) is 9.21 Å². The summed E-state index contributed by atoms with van der Waals surface area (Å²) in [6, 6.07) is 6.64. The molecule has 2 aliphatic heterocycles. The summed E-state index contributed by atoms with van der Waals surface area (Å²) >= 11 is 0. The Balaban J connectivity index is 1.53. The van der Waals surface area contributed by atoms with Crippen LogP contribution in [-0.2, 0) is 16.2 Å². The zero-order chi connectivity index (χ0) is 27.0. The molecule has 2 aromatic rings. The van der Waals surface area contributed by atoms with E-state index in [9.17, 15) is 30.8 Å². The minimum Gasteiger partial charge on any atom is -0.495 e. The number of nitrogens with zero attached hydrogens (tertiary/aromatic N) is 3. The monoisotopic (exact) mass is 543 g/mol. The zero-order valence-electron chi connectivity index (χ0n) is 20.6. The molecule has 2 aliphatic rings. The molecular weight excluding hydrogens is 514 g/mol. The van der Waals surface area contributed by atoms with E-state index in [1.165, 1.54) is 22.4 Å². The molecule has 0 radical (unpaired) electrons. The van der Waals surface area contributed by atoms with E-state index in [2.05, 4.69) is 0 Å². The van der Waals surface area contributed by atoms with Crippen LogP contribution in [0.25, 0.3) is 0 Å². The van der Waals surface area contributed by atoms with Crippen molar-refractivity contribution in [3.05, 3.63) is 53.3 Å². The molecule has 2 aromatic carbocycles. The SMILES string of the molecule is COc1ccc(S(=O)(=O)N2CCC[C@@H](C)C2)cc1N1CCN(C(=O)c2ccc(F)cc2C(F)(F)F)CC1. The standard InChI is InChI=1S/C25H29F4N3O4S/c1-17-4-3-9-32(16-17)37(34,35)19-6-8-23(36-2)22(15-19)30-10-12-31(13-11-30)24(33)20-7-5-18(26)14-21(20)25(27,28)29/h5-8,14-15,17H,3-4,9-13,16H2,1-2H3/t17-/m1/s1. The highest BCUT2D eigenvalue weighted by Gasteiger charge is 2.37. The summed E-state index contributed by atoms with van der Waals surface area (Å²) in [5.41, 5.74) is -1.39. The summed E-state index contributed by atoms with van der Waals surface area (Å²) in [5.74, 6) is -1.20. The molecule has 0 N–H and O–H groups in total. The van der Waals surface area contributed by atoms with Crippen LogP contribution in [0.2, 0.25) is 0 Å². The molecule has 2 fully saturated rings. The first kappa shape index (κ1) is 27.2. The van der Waals surface area contributed by atoms with Crippen molar-refractivity contribution >= 4 is 21.6 Å². The van der Waals surface area contributed by atoms with E-state index in [1.54, 1.807) is 12.1 Å². The number of piperidine rings is 1. The van der Waals surface area contributed by atoms with Gasteiger partial charge in [0, 0.05) is 39.3 Å². The fourth-order valence-corrected chi connectivity index (χ4v) is 6.47. The van der Waals surface area contributed by atoms with E-state index in [0.717, 1.165) is 25.0 Å². The maximum Gasteiger partial charge on any atom is 0.417 e. The predicted molar refractivity (Wildman–Crippen MR) is 130 cm³/mol. The van der Waals surface area contributed by atoms with Gasteiger partial charge in [0.05, 0.1) is 28.8 Å². The number of amides is 1. The molecule has 0 aliphatic carbocycles. The van der Waals surface area contributed by atoms with Gasteiger partial charge in [-0.2, -0.15) is 17.5 Å². The number of rotatable bonds is 5. The Morgan fingerprint density at radius 1 is 1.03 bits per heavy atom. The van der Waals surface area contributed by atoms with Crippen molar-refractivity contribution in [2.24, 2.45) is 5.92 Å². The molecule has 2 heterocycles. The molecule has 2 saturated heterocycles. The highest BCUT2D eigenvalue weighted by Crippen LogP contribution is 2.35. The van der Waals surface area contributed by atoms with Crippen molar-refractivity contribution in [2.45, 2.75) is 30.8 Å². The Labute approximate surface area is 213 Å². The number of carbonyl (C=O) groups excluding carboxylic acids is 1. The van der Waals surface area contributed by atoms with Crippen LogP contribution in [-0.4, -0.2) is 69.9 Å². The van der Waals surface area contributed by atoms with Gasteiger partial charge in [0.15, 0.2) is 0 Å². The van der Waals surface area contributed by atoms with Gasteiger partial charge in [-0.25, -0.2) is 12.8 Å². The molecular formula is C25H29F4N3O4S. The van der Waals surface area contributed by atoms with Crippen LogP contribution in [0.4, 0.5) is 23.2 Å². The first-order chi connectivity index (χ1) is 17.4. The van der Waals surface area contributed by atoms with Crippen molar-refractivity contribution in [2.75, 3.05) is 51.3 Å². The first-order valence-corrected chi connectivity index (χ1v) is 13.4. The van der Waals surface area contributed by atoms with Crippen LogP contribution in [0.5, 0.6) is 5.75 Å². The molecule has 7 nitrogen and oxygen atoms in total. The average molecular weight is 544 g/mol. The number of sulfonamides is 1. The van der Waals surface area contributed by atoms with Crippen LogP contribution in [0.15, 0.2) is 41.3 Å². The number of methoxy groups -OCH3 is 1. The first-order valence-electron chi connectivity index (χ1n) is 12.0. The third-order valence-corrected chi connectivity index (χ3v) is 8.69. The number of piperazine rings is 1. The summed E-state index contributed by atoms with van der Waals surface area (Å²) in [7, 11) is -2.25. The van der Waals surface area contributed by atoms with Crippen molar-refractivity contribution < 1.29 is 35.5 Å². The number of benzene rings is 2. The average Bonchev–Trinajstić information content (AvgIpc) is 2.87. The lowest BCUT2D eigenvalue weighted by atomic mass is 10.0. The Kier molecular flexibility index (Phi) is 7.70. The van der Waals surface area contributed by atoms with E-state index in [4.69, 9.17) is 4.74 Å². The second kappa shape index (κ2) is 10.5. The summed E-state index contributed by atoms with van der Waals surface area (Å²) in [6.07, 6.45) is -3.10. The molecule has 0 aromatic heterocycles. The van der Waals surface area contributed by atoms with Crippen LogP contribution in [0.1, 0.15) is 35.7 Å². The van der Waals surface area contributed by atoms with Gasteiger partial charge in [0.25, 0.3) is 5.91 Å². The number of hydrogen-bond donors (Lipinski definition) is 0. The molecule has 202 valence electrons. The number of ether oxygens (including phenoxy) is 1. The third kappa shape index (κ3) is 5.69. The Morgan fingerprint density at radius 3 is 2.35 bits per heavy atom. The topological polar surface area (TPSA) is 70.2 Å². The number of anilines is 1. The third-order valence-electron chi connectivity index (χ3n) is 6.83. The molecule has 0 unspecified atom stereocenters. The fraction of sp³-hybridized carbons (Fsp3) is 0.480. The lowest BCUT2D eigenvalue weighted by Crippen LogP contribution is -2.49. The highest BCUT2D eigenvalue weighted by molar-refractivity contribution is 7.89. The van der Waals surface area contributed by atoms with Gasteiger partial charge in [0.1, 0.15) is 11.6 Å². The summed E-state index contributed by atoms with van der Waals surface area (Å²) in [4.78, 5) is 16.2. The van der Waals surface area contributed by atoms with E-state index in [-0.39, 0.29) is 37.0 Å². The van der Waals surface area contributed by atoms with E-state index >= 15 is 0 Å². The van der Waals surface area contributed by atoms with Crippen molar-refractivity contribution in [1.29, 1.82) is 0 Å². The largest absolute Gasteiger partial charge is 0.495 e. The summed E-state index contributed by atoms with van der Waals surface area (Å²) in [5, 5.41) is 0. The predicted octanol–water partition coefficient (Wildman–Crippen LogP) is 4.24. The van der Waals surface area contributed by atoms with E-state index in [0.29, 0.717) is 30.6 Å². The van der Waals surface area contributed by atoms with E-state index < -0.39 is 39.1 Å². The number of alkyl halides is 3. The Hall–Kier alpha value is -2.86. The van der Waals surface area contributed by atoms with Crippen LogP contribution >= 0.6 is 0 Å². The van der Waals surface area contributed by atoms with Gasteiger partial charge in [-0.3, -0.25) is 4.79 Å². The zero-order valence-corrected chi connectivity index (χ0v) is 21.4. The number of carbonyl (C=O) groups is 1. The van der Waals surface area contributed by atoms with Crippen LogP contribution in [0, 0.1) is 11.7 Å². The quantitative estimate of drug-likeness (QED) is 0.528. The van der Waals surface area contributed by atoms with Gasteiger partial charge >= 0.3 is 6.18 Å². The maximum absolute atomic E-state index is 13.5. The summed E-state index contributed by atoms with van der Waals surface area (Å²) in [6.45, 7) is 3.61. The molecule has 0 saturated carbocycles. The molecule has 0 bridgehead atoms. The summed E-state index contributed by atoms with van der Waals surface area (Å²) < 4.78 is 87.2. The normalized spacial score (nSPS) is 19.7. The smallest absolute Gasteiger partial charge is 0.417 e. The van der Waals surface area contributed by atoms with Gasteiger partial charge in [0.2, 0.25) is 10.0 Å². The maximum atomic E-state index is 13.5. The second-order valence-electron chi connectivity index (χ2n) is 9.41. The molecule has 4 rings (SSSR count). The second-order valence-corrected chi connectivity index (χ2v) is 11.3. The van der Waals surface area contributed by atoms with Gasteiger partial charge in [-0.05, 0) is 55.2 Å². The molecule has 1 amide bonds. The number of hydrogen-bond acceptors (Lipinski definition) is 5. The molecule has 12 heteroatoms. The van der Waals surface area contributed by atoms with Gasteiger partial charge < -0.3 is 14.5 Å². The van der Waals surface area contributed by atoms with Crippen LogP contribution in [0.3, 0.4) is 0 Å². The molecule has 0 spiro atoms. The lowest BCUT2D eigenvalue weighted by Gasteiger charge is -2.37. The Morgan fingerprint density at radius 2 is 1.73 bits per heavy atom. The fourth-order valence-electron chi connectivity index (χ4n) is 4.85. The molecule has 37 heavy (non-hydrogen) atoms. The van der Waals surface area contributed by atoms with Crippen LogP contribution < -0.4 is 9.64 Å². The minimum absolute atomic E-state index is 0.0945. The highest BCUT2D eigenvalue weighted by atomic mass is 32.2. The van der Waals surface area contributed by atoms with E-state index in [1.807, 2.05) is 11.8 Å². The van der Waals surface area contributed by atoms with Gasteiger partial charge in [-0.1, -0.05) is 6.92 Å². The minimum atomic E-state index is -4.87. The van der Waals surface area contributed by atoms with Crippen molar-refractivity contribution in [3.8, 4) is 5.75 Å². The lowest BCUT2D eigenvalue weighted by molar-refractivity contribution is -0.138. The Bertz CT molecular complexity index is 1260. The number of halogens is 4.